The monoisotopic (exact) mass is 127 g/mol. The molecule has 52 valence electrons. The standard InChI is InChI=1S/C7H11NO.H2/c1-4-5(2)6(3)7(8)9;/h6H,1H2,2-3H3,(H2,8,9);1H. The summed E-state index contributed by atoms with van der Waals surface area (Å²) in [4.78, 5) is 10.4. The lowest BCUT2D eigenvalue weighted by Gasteiger charge is -2.02. The first kappa shape index (κ1) is 7.99. The zero-order valence-electron chi connectivity index (χ0n) is 5.77. The maximum atomic E-state index is 10.4. The summed E-state index contributed by atoms with van der Waals surface area (Å²) in [6, 6.07) is 0. The molecule has 0 aliphatic carbocycles. The van der Waals surface area contributed by atoms with E-state index < -0.39 is 0 Å². The van der Waals surface area contributed by atoms with E-state index in [1.165, 1.54) is 0 Å². The van der Waals surface area contributed by atoms with Crippen LogP contribution in [0.1, 0.15) is 15.3 Å². The van der Waals surface area contributed by atoms with Crippen LogP contribution in [0.3, 0.4) is 0 Å². The highest BCUT2D eigenvalue weighted by Crippen LogP contribution is 2.05. The molecule has 0 radical (unpaired) electrons. The average molecular weight is 127 g/mol. The Labute approximate surface area is 56.5 Å². The molecule has 1 atom stereocenters. The van der Waals surface area contributed by atoms with Crippen molar-refractivity contribution in [2.45, 2.75) is 13.8 Å². The van der Waals surface area contributed by atoms with Crippen molar-refractivity contribution in [1.82, 2.24) is 0 Å². The zero-order chi connectivity index (χ0) is 7.44. The van der Waals surface area contributed by atoms with Gasteiger partial charge in [-0.2, -0.15) is 0 Å². The van der Waals surface area contributed by atoms with Gasteiger partial charge < -0.3 is 5.73 Å². The van der Waals surface area contributed by atoms with Crippen LogP contribution in [-0.2, 0) is 4.79 Å². The summed E-state index contributed by atoms with van der Waals surface area (Å²) >= 11 is 0. The highest BCUT2D eigenvalue weighted by atomic mass is 16.1. The molecule has 0 rings (SSSR count). The first-order valence-electron chi connectivity index (χ1n) is 2.75. The van der Waals surface area contributed by atoms with Crippen molar-refractivity contribution < 1.29 is 6.22 Å². The lowest BCUT2D eigenvalue weighted by atomic mass is 10.0. The topological polar surface area (TPSA) is 43.1 Å². The van der Waals surface area contributed by atoms with Crippen LogP contribution in [0.5, 0.6) is 0 Å². The van der Waals surface area contributed by atoms with Crippen LogP contribution in [0.25, 0.3) is 0 Å². The summed E-state index contributed by atoms with van der Waals surface area (Å²) in [5.41, 5.74) is 8.39. The van der Waals surface area contributed by atoms with Crippen LogP contribution in [0.15, 0.2) is 17.9 Å². The Bertz CT molecular complexity index is 170. The Kier molecular flexibility index (Phi) is 2.75. The van der Waals surface area contributed by atoms with E-state index in [1.54, 1.807) is 13.8 Å². The van der Waals surface area contributed by atoms with E-state index in [-0.39, 0.29) is 13.3 Å². The first-order valence-corrected chi connectivity index (χ1v) is 2.75. The van der Waals surface area contributed by atoms with Gasteiger partial charge in [-0.15, -0.1) is 5.73 Å². The second kappa shape index (κ2) is 3.10. The van der Waals surface area contributed by atoms with Crippen LogP contribution < -0.4 is 5.73 Å². The molecule has 0 aromatic carbocycles. The van der Waals surface area contributed by atoms with Crippen LogP contribution in [0.4, 0.5) is 0 Å². The fourth-order valence-electron chi connectivity index (χ4n) is 0.366. The molecule has 0 saturated heterocycles. The summed E-state index contributed by atoms with van der Waals surface area (Å²) < 4.78 is 0. The normalized spacial score (nSPS) is 11.8. The van der Waals surface area contributed by atoms with Gasteiger partial charge in [0, 0.05) is 1.43 Å². The molecule has 2 nitrogen and oxygen atoms in total. The summed E-state index contributed by atoms with van der Waals surface area (Å²) in [6.07, 6.45) is 0. The zero-order valence-corrected chi connectivity index (χ0v) is 5.77. The molecule has 1 unspecified atom stereocenters. The van der Waals surface area contributed by atoms with E-state index in [1.807, 2.05) is 0 Å². The number of rotatable bonds is 2. The van der Waals surface area contributed by atoms with E-state index in [0.29, 0.717) is 0 Å². The number of amides is 1. The van der Waals surface area contributed by atoms with Crippen molar-refractivity contribution in [3.63, 3.8) is 0 Å². The Balaban J connectivity index is 0. The first-order chi connectivity index (χ1) is 4.09. The third-order valence-electron chi connectivity index (χ3n) is 1.36. The van der Waals surface area contributed by atoms with Crippen molar-refractivity contribution >= 4 is 5.91 Å². The molecule has 0 aliphatic rings. The molecule has 0 aromatic rings. The van der Waals surface area contributed by atoms with E-state index in [0.717, 1.165) is 5.57 Å². The molecule has 0 aliphatic heterocycles. The van der Waals surface area contributed by atoms with Gasteiger partial charge in [0.15, 0.2) is 0 Å². The Hall–Kier alpha value is -1.01. The molecule has 2 heteroatoms. The Morgan fingerprint density at radius 1 is 1.89 bits per heavy atom. The van der Waals surface area contributed by atoms with E-state index in [9.17, 15) is 4.79 Å². The molecular weight excluding hydrogens is 114 g/mol. The smallest absolute Gasteiger partial charge is 0.224 e. The fourth-order valence-corrected chi connectivity index (χ4v) is 0.366. The number of primary amides is 1. The molecule has 0 bridgehead atoms. The molecule has 0 aromatic heterocycles. The van der Waals surface area contributed by atoms with Crippen molar-refractivity contribution in [3.05, 3.63) is 17.9 Å². The molecule has 1 amide bonds. The largest absolute Gasteiger partial charge is 0.369 e. The van der Waals surface area contributed by atoms with Crippen LogP contribution >= 0.6 is 0 Å². The average Bonchev–Trinajstić information content (AvgIpc) is 1.84. The van der Waals surface area contributed by atoms with E-state index >= 15 is 0 Å². The highest BCUT2D eigenvalue weighted by molar-refractivity contribution is 5.78. The highest BCUT2D eigenvalue weighted by Gasteiger charge is 2.08. The summed E-state index contributed by atoms with van der Waals surface area (Å²) in [6.45, 7) is 6.91. The SMILES string of the molecule is C=C=C(C)C(C)C(N)=O.[HH]. The Morgan fingerprint density at radius 2 is 2.33 bits per heavy atom. The molecule has 9 heavy (non-hydrogen) atoms. The quantitative estimate of drug-likeness (QED) is 0.554. The van der Waals surface area contributed by atoms with Gasteiger partial charge in [-0.3, -0.25) is 4.79 Å². The van der Waals surface area contributed by atoms with Crippen molar-refractivity contribution in [2.75, 3.05) is 0 Å². The minimum Gasteiger partial charge on any atom is -0.369 e. The lowest BCUT2D eigenvalue weighted by molar-refractivity contribution is -0.120. The van der Waals surface area contributed by atoms with Gasteiger partial charge in [-0.05, 0) is 19.4 Å². The molecule has 0 fully saturated rings. The minimum atomic E-state index is -0.330. The Morgan fingerprint density at radius 3 is 2.44 bits per heavy atom. The van der Waals surface area contributed by atoms with Crippen LogP contribution in [0, 0.1) is 5.92 Å². The fraction of sp³-hybridized carbons (Fsp3) is 0.429. The van der Waals surface area contributed by atoms with Gasteiger partial charge >= 0.3 is 0 Å². The summed E-state index contributed by atoms with van der Waals surface area (Å²) in [7, 11) is 0. The van der Waals surface area contributed by atoms with Crippen LogP contribution in [-0.4, -0.2) is 5.91 Å². The third kappa shape index (κ3) is 2.15. The lowest BCUT2D eigenvalue weighted by Crippen LogP contribution is -2.20. The number of nitrogens with two attached hydrogens (primary N) is 1. The summed E-state index contributed by atoms with van der Waals surface area (Å²) in [5, 5.41) is 0. The van der Waals surface area contributed by atoms with Gasteiger partial charge in [-0.25, -0.2) is 0 Å². The van der Waals surface area contributed by atoms with Gasteiger partial charge in [-0.1, -0.05) is 6.58 Å². The molecular formula is C7H13NO. The maximum absolute atomic E-state index is 10.4. The third-order valence-corrected chi connectivity index (χ3v) is 1.36. The maximum Gasteiger partial charge on any atom is 0.224 e. The van der Waals surface area contributed by atoms with Gasteiger partial charge in [0.2, 0.25) is 5.91 Å². The second-order valence-corrected chi connectivity index (χ2v) is 1.98. The summed E-state index contributed by atoms with van der Waals surface area (Å²) in [5.74, 6) is -0.564. The van der Waals surface area contributed by atoms with Gasteiger partial charge in [0.25, 0.3) is 0 Å². The minimum absolute atomic E-state index is 0. The van der Waals surface area contributed by atoms with Crippen molar-refractivity contribution in [3.8, 4) is 0 Å². The second-order valence-electron chi connectivity index (χ2n) is 1.98. The predicted octanol–water partition coefficient (Wildman–Crippen LogP) is 1.08. The van der Waals surface area contributed by atoms with Crippen molar-refractivity contribution in [1.29, 1.82) is 0 Å². The molecule has 0 spiro atoms. The van der Waals surface area contributed by atoms with E-state index in [2.05, 4.69) is 12.3 Å². The van der Waals surface area contributed by atoms with Gasteiger partial charge in [0.05, 0.1) is 5.92 Å². The number of carbonyl (C=O) groups excluding carboxylic acids is 1. The van der Waals surface area contributed by atoms with Gasteiger partial charge in [0.1, 0.15) is 0 Å². The number of hydrogen-bond donors (Lipinski definition) is 1. The molecule has 0 saturated carbocycles. The predicted molar refractivity (Wildman–Crippen MR) is 38.8 cm³/mol. The van der Waals surface area contributed by atoms with Crippen LogP contribution in [0.2, 0.25) is 0 Å². The molecule has 2 N–H and O–H groups in total. The molecule has 0 heterocycles. The number of hydrogen-bond acceptors (Lipinski definition) is 1. The van der Waals surface area contributed by atoms with Crippen molar-refractivity contribution in [2.24, 2.45) is 11.7 Å². The van der Waals surface area contributed by atoms with E-state index in [4.69, 9.17) is 5.73 Å². The number of carbonyl (C=O) groups is 1.